The van der Waals surface area contributed by atoms with E-state index >= 15 is 0 Å². The number of aromatic nitrogens is 1. The predicted octanol–water partition coefficient (Wildman–Crippen LogP) is 4.90. The average Bonchev–Trinajstić information content (AvgIpc) is 2.60. The van der Waals surface area contributed by atoms with Crippen LogP contribution in [-0.2, 0) is 0 Å². The number of fused-ring (bicyclic) bond motifs is 1. The third-order valence-corrected chi connectivity index (χ3v) is 6.72. The van der Waals surface area contributed by atoms with Crippen molar-refractivity contribution in [3.8, 4) is 0 Å². The van der Waals surface area contributed by atoms with Gasteiger partial charge < -0.3 is 4.23 Å². The second-order valence-electron chi connectivity index (χ2n) is 6.69. The van der Waals surface area contributed by atoms with Gasteiger partial charge in [0.25, 0.3) is 0 Å². The van der Waals surface area contributed by atoms with E-state index in [2.05, 4.69) is 73.8 Å². The molecule has 3 heteroatoms. The Bertz CT molecular complexity index is 638. The smallest absolute Gasteiger partial charge is 0.114 e. The third kappa shape index (κ3) is 2.39. The Morgan fingerprint density at radius 3 is 1.90 bits per heavy atom. The van der Waals surface area contributed by atoms with Crippen LogP contribution in [0.2, 0.25) is 0 Å². The number of rotatable bonds is 3. The molecule has 0 amide bonds. The standard InChI is InChI=1S/C17H26BrNSi/c1-9(2)12-7-8-13-16(14(12)10(3)4)15(11(5)6)17(18)19(13)20/h7-11H,1-6,20H3. The largest absolute Gasteiger partial charge is 0.372 e. The fraction of sp³-hybridized carbons (Fsp3) is 0.529. The lowest BCUT2D eigenvalue weighted by molar-refractivity contribution is 0.794. The molecule has 0 aliphatic carbocycles. The highest BCUT2D eigenvalue weighted by atomic mass is 79.9. The average molecular weight is 352 g/mol. The van der Waals surface area contributed by atoms with Crippen molar-refractivity contribution >= 4 is 37.2 Å². The van der Waals surface area contributed by atoms with Gasteiger partial charge in [0.15, 0.2) is 0 Å². The summed E-state index contributed by atoms with van der Waals surface area (Å²) in [5.74, 6) is 1.68. The Morgan fingerprint density at radius 1 is 0.900 bits per heavy atom. The minimum atomic E-state index is 0.544. The summed E-state index contributed by atoms with van der Waals surface area (Å²) >= 11 is 3.84. The summed E-state index contributed by atoms with van der Waals surface area (Å²) in [6.45, 7) is 13.8. The molecule has 0 aliphatic heterocycles. The lowest BCUT2D eigenvalue weighted by Gasteiger charge is -2.19. The molecule has 0 N–H and O–H groups in total. The molecule has 0 spiro atoms. The summed E-state index contributed by atoms with van der Waals surface area (Å²) in [6.07, 6.45) is 0. The molecule has 0 unspecified atom stereocenters. The fourth-order valence-electron chi connectivity index (χ4n) is 3.23. The van der Waals surface area contributed by atoms with Gasteiger partial charge in [0.1, 0.15) is 10.4 Å². The number of benzene rings is 1. The van der Waals surface area contributed by atoms with E-state index in [0.717, 1.165) is 10.4 Å². The summed E-state index contributed by atoms with van der Waals surface area (Å²) in [6, 6.07) is 4.66. The fourth-order valence-corrected chi connectivity index (χ4v) is 4.69. The van der Waals surface area contributed by atoms with Gasteiger partial charge >= 0.3 is 0 Å². The van der Waals surface area contributed by atoms with Crippen molar-refractivity contribution in [3.05, 3.63) is 33.4 Å². The predicted molar refractivity (Wildman–Crippen MR) is 97.2 cm³/mol. The van der Waals surface area contributed by atoms with Gasteiger partial charge in [0, 0.05) is 10.9 Å². The van der Waals surface area contributed by atoms with Crippen LogP contribution in [0.3, 0.4) is 0 Å². The number of hydrogen-bond acceptors (Lipinski definition) is 0. The molecule has 20 heavy (non-hydrogen) atoms. The quantitative estimate of drug-likeness (QED) is 0.692. The molecule has 0 saturated carbocycles. The van der Waals surface area contributed by atoms with Gasteiger partial charge in [-0.3, -0.25) is 0 Å². The molecule has 110 valence electrons. The Morgan fingerprint density at radius 2 is 1.45 bits per heavy atom. The Hall–Kier alpha value is -0.543. The van der Waals surface area contributed by atoms with Gasteiger partial charge in [0.2, 0.25) is 0 Å². The van der Waals surface area contributed by atoms with Crippen LogP contribution >= 0.6 is 15.9 Å². The zero-order valence-electron chi connectivity index (χ0n) is 13.7. The van der Waals surface area contributed by atoms with Crippen LogP contribution in [-0.4, -0.2) is 14.6 Å². The van der Waals surface area contributed by atoms with E-state index in [4.69, 9.17) is 0 Å². The van der Waals surface area contributed by atoms with Crippen molar-refractivity contribution < 1.29 is 0 Å². The van der Waals surface area contributed by atoms with E-state index in [1.807, 2.05) is 0 Å². The highest BCUT2D eigenvalue weighted by Gasteiger charge is 2.22. The summed E-state index contributed by atoms with van der Waals surface area (Å²) in [4.78, 5) is 0. The lowest BCUT2D eigenvalue weighted by Crippen LogP contribution is -2.01. The summed E-state index contributed by atoms with van der Waals surface area (Å²) in [5.41, 5.74) is 5.95. The Kier molecular flexibility index (Phi) is 4.50. The topological polar surface area (TPSA) is 4.93 Å². The van der Waals surface area contributed by atoms with E-state index in [1.165, 1.54) is 26.6 Å². The first kappa shape index (κ1) is 15.8. The minimum Gasteiger partial charge on any atom is -0.372 e. The number of nitrogens with zero attached hydrogens (tertiary/aromatic N) is 1. The van der Waals surface area contributed by atoms with Crippen molar-refractivity contribution in [3.63, 3.8) is 0 Å². The first-order valence-corrected chi connectivity index (χ1v) is 9.26. The van der Waals surface area contributed by atoms with Crippen LogP contribution in [0.5, 0.6) is 0 Å². The van der Waals surface area contributed by atoms with Crippen LogP contribution in [0.4, 0.5) is 0 Å². The summed E-state index contributed by atoms with van der Waals surface area (Å²) < 4.78 is 3.71. The highest BCUT2D eigenvalue weighted by molar-refractivity contribution is 9.10. The lowest BCUT2D eigenvalue weighted by atomic mass is 9.85. The van der Waals surface area contributed by atoms with Crippen LogP contribution in [0.15, 0.2) is 16.7 Å². The minimum absolute atomic E-state index is 0.544. The first-order chi connectivity index (χ1) is 9.27. The van der Waals surface area contributed by atoms with Gasteiger partial charge in [-0.05, 0) is 56.4 Å². The van der Waals surface area contributed by atoms with E-state index in [0.29, 0.717) is 17.8 Å². The molecule has 1 aromatic carbocycles. The van der Waals surface area contributed by atoms with Crippen molar-refractivity contribution in [1.82, 2.24) is 4.23 Å². The molecule has 0 atom stereocenters. The highest BCUT2D eigenvalue weighted by Crippen LogP contribution is 2.41. The molecular weight excluding hydrogens is 326 g/mol. The van der Waals surface area contributed by atoms with Crippen LogP contribution in [0.1, 0.15) is 76.0 Å². The molecule has 0 aliphatic rings. The van der Waals surface area contributed by atoms with Crippen LogP contribution in [0.25, 0.3) is 10.9 Å². The molecule has 0 saturated heterocycles. The first-order valence-electron chi connectivity index (χ1n) is 7.57. The van der Waals surface area contributed by atoms with Crippen molar-refractivity contribution in [2.75, 3.05) is 0 Å². The van der Waals surface area contributed by atoms with Crippen molar-refractivity contribution in [1.29, 1.82) is 0 Å². The summed E-state index contributed by atoms with van der Waals surface area (Å²) in [5, 5.41) is 1.50. The monoisotopic (exact) mass is 351 g/mol. The second kappa shape index (κ2) is 5.68. The molecule has 2 aromatic rings. The molecule has 2 rings (SSSR count). The molecular formula is C17H26BrNSi. The maximum Gasteiger partial charge on any atom is 0.114 e. The van der Waals surface area contributed by atoms with Crippen molar-refractivity contribution in [2.24, 2.45) is 0 Å². The zero-order valence-corrected chi connectivity index (χ0v) is 17.3. The summed E-state index contributed by atoms with van der Waals surface area (Å²) in [7, 11) is 1.01. The molecule has 1 heterocycles. The van der Waals surface area contributed by atoms with E-state index in [1.54, 1.807) is 5.56 Å². The van der Waals surface area contributed by atoms with Gasteiger partial charge in [-0.15, -0.1) is 0 Å². The number of hydrogen-bond donors (Lipinski definition) is 0. The van der Waals surface area contributed by atoms with E-state index < -0.39 is 0 Å². The van der Waals surface area contributed by atoms with Gasteiger partial charge in [0.05, 0.1) is 4.60 Å². The molecule has 1 nitrogen and oxygen atoms in total. The SMILES string of the molecule is CC(C)c1ccc2c(c1C(C)C)c(C(C)C)c(Br)n2[SiH3]. The maximum atomic E-state index is 3.84. The van der Waals surface area contributed by atoms with Crippen molar-refractivity contribution in [2.45, 2.75) is 59.3 Å². The Balaban J connectivity index is 2.99. The molecule has 0 fully saturated rings. The second-order valence-corrected chi connectivity index (χ2v) is 8.34. The van der Waals surface area contributed by atoms with Crippen LogP contribution < -0.4 is 0 Å². The van der Waals surface area contributed by atoms with E-state index in [9.17, 15) is 0 Å². The molecule has 0 bridgehead atoms. The number of halogens is 1. The maximum absolute atomic E-state index is 3.84. The van der Waals surface area contributed by atoms with Gasteiger partial charge in [-0.1, -0.05) is 47.6 Å². The Labute approximate surface area is 134 Å². The molecule has 0 radical (unpaired) electrons. The molecule has 1 aromatic heterocycles. The normalized spacial score (nSPS) is 12.5. The van der Waals surface area contributed by atoms with Gasteiger partial charge in [-0.25, -0.2) is 0 Å². The van der Waals surface area contributed by atoms with E-state index in [-0.39, 0.29) is 0 Å². The van der Waals surface area contributed by atoms with Gasteiger partial charge in [-0.2, -0.15) is 0 Å². The third-order valence-electron chi connectivity index (χ3n) is 4.18. The zero-order chi connectivity index (χ0) is 15.2. The van der Waals surface area contributed by atoms with Crippen LogP contribution in [0, 0.1) is 0 Å².